The Morgan fingerprint density at radius 2 is 1.72 bits per heavy atom. The Labute approximate surface area is 248 Å². The van der Waals surface area contributed by atoms with Crippen molar-refractivity contribution in [1.82, 2.24) is 19.5 Å². The van der Waals surface area contributed by atoms with Gasteiger partial charge in [0.2, 0.25) is 11.9 Å². The third-order valence-electron chi connectivity index (χ3n) is 7.73. The van der Waals surface area contributed by atoms with E-state index in [9.17, 15) is 9.59 Å². The van der Waals surface area contributed by atoms with Crippen molar-refractivity contribution >= 4 is 28.7 Å². The molecule has 220 valence electrons. The average molecular weight is 579 g/mol. The highest BCUT2D eigenvalue weighted by molar-refractivity contribution is 5.91. The fourth-order valence-corrected chi connectivity index (χ4v) is 5.54. The van der Waals surface area contributed by atoms with Crippen molar-refractivity contribution in [3.63, 3.8) is 0 Å². The number of ether oxygens (including phenoxy) is 2. The minimum atomic E-state index is -0.931. The Hall–Kier alpha value is -4.80. The number of H-pyrrole nitrogens is 1. The zero-order valence-corrected chi connectivity index (χ0v) is 24.1. The second-order valence-corrected chi connectivity index (χ2v) is 11.0. The van der Waals surface area contributed by atoms with Gasteiger partial charge in [0, 0.05) is 11.6 Å². The van der Waals surface area contributed by atoms with Gasteiger partial charge in [-0.3, -0.25) is 24.5 Å². The van der Waals surface area contributed by atoms with E-state index in [-0.39, 0.29) is 29.4 Å². The van der Waals surface area contributed by atoms with Crippen LogP contribution in [0.5, 0.6) is 0 Å². The zero-order valence-electron chi connectivity index (χ0n) is 24.1. The largest absolute Gasteiger partial charge is 0.399 e. The summed E-state index contributed by atoms with van der Waals surface area (Å²) in [6.07, 6.45) is 2.30. The van der Waals surface area contributed by atoms with Crippen molar-refractivity contribution < 1.29 is 14.3 Å². The van der Waals surface area contributed by atoms with Crippen LogP contribution in [0.4, 0.5) is 11.6 Å². The van der Waals surface area contributed by atoms with Crippen molar-refractivity contribution in [3.8, 4) is 0 Å². The standard InChI is InChI=1S/C33H34N6O4/c1-21(2)30(40)37-32-36-29-28(31(41)38-32)35-20-39(29)27-17-16-26(43-27)19-42-33(22-10-5-3-6-11-22,23-12-7-4-8-13-23)24-14-9-15-25(34)18-24/h3-15,18,20-21,26-27H,16-17,19,34H2,1-2H3,(H2,36,37,38,40,41)/t26-,27+/m0/s1. The van der Waals surface area contributed by atoms with E-state index < -0.39 is 17.4 Å². The van der Waals surface area contributed by atoms with Crippen molar-refractivity contribution in [2.24, 2.45) is 5.92 Å². The molecule has 0 bridgehead atoms. The van der Waals surface area contributed by atoms with Crippen LogP contribution < -0.4 is 16.6 Å². The lowest BCUT2D eigenvalue weighted by Gasteiger charge is -2.37. The molecule has 0 aliphatic carbocycles. The molecule has 1 saturated heterocycles. The normalized spacial score (nSPS) is 17.0. The molecule has 1 amide bonds. The maximum absolute atomic E-state index is 12.7. The lowest BCUT2D eigenvalue weighted by atomic mass is 9.80. The number of nitrogens with two attached hydrogens (primary N) is 1. The van der Waals surface area contributed by atoms with Gasteiger partial charge in [-0.05, 0) is 41.7 Å². The number of anilines is 2. The second kappa shape index (κ2) is 11.8. The highest BCUT2D eigenvalue weighted by Gasteiger charge is 2.39. The number of imidazole rings is 1. The summed E-state index contributed by atoms with van der Waals surface area (Å²) in [5, 5.41) is 2.66. The van der Waals surface area contributed by atoms with Gasteiger partial charge in [0.15, 0.2) is 11.2 Å². The predicted octanol–water partition coefficient (Wildman–Crippen LogP) is 4.98. The molecule has 10 nitrogen and oxygen atoms in total. The number of fused-ring (bicyclic) bond motifs is 1. The van der Waals surface area contributed by atoms with Crippen molar-refractivity contribution in [2.75, 3.05) is 17.7 Å². The molecular weight excluding hydrogens is 544 g/mol. The maximum atomic E-state index is 12.7. The van der Waals surface area contributed by atoms with Gasteiger partial charge in [-0.25, -0.2) is 4.98 Å². The first-order valence-electron chi connectivity index (χ1n) is 14.4. The predicted molar refractivity (Wildman–Crippen MR) is 164 cm³/mol. The Morgan fingerprint density at radius 1 is 1.05 bits per heavy atom. The number of rotatable bonds is 9. The number of nitrogens with one attached hydrogen (secondary N) is 2. The van der Waals surface area contributed by atoms with Crippen LogP contribution in [-0.4, -0.2) is 38.1 Å². The van der Waals surface area contributed by atoms with Crippen LogP contribution in [0.3, 0.4) is 0 Å². The molecule has 10 heteroatoms. The number of hydrogen-bond donors (Lipinski definition) is 3. The van der Waals surface area contributed by atoms with E-state index in [1.165, 1.54) is 0 Å². The number of carbonyl (C=O) groups excluding carboxylic acids is 1. The Balaban J connectivity index is 1.29. The smallest absolute Gasteiger partial charge is 0.280 e. The first-order valence-corrected chi connectivity index (χ1v) is 14.4. The number of carbonyl (C=O) groups is 1. The number of aromatic nitrogens is 4. The molecule has 2 atom stereocenters. The molecule has 0 saturated carbocycles. The van der Waals surface area contributed by atoms with E-state index in [4.69, 9.17) is 15.2 Å². The monoisotopic (exact) mass is 578 g/mol. The molecule has 5 aromatic rings. The fourth-order valence-electron chi connectivity index (χ4n) is 5.54. The molecule has 0 radical (unpaired) electrons. The van der Waals surface area contributed by atoms with Gasteiger partial charge in [0.05, 0.1) is 19.0 Å². The highest BCUT2D eigenvalue weighted by atomic mass is 16.6. The van der Waals surface area contributed by atoms with Crippen LogP contribution in [0.25, 0.3) is 11.2 Å². The summed E-state index contributed by atoms with van der Waals surface area (Å²) in [5.41, 5.74) is 8.94. The SMILES string of the molecule is CC(C)C(=O)Nc1nc2c(ncn2[C@H]2CC[C@@H](COC(c3ccccc3)(c3ccccc3)c3cccc(N)c3)O2)c(=O)[nH]1. The van der Waals surface area contributed by atoms with E-state index in [2.05, 4.69) is 44.5 Å². The summed E-state index contributed by atoms with van der Waals surface area (Å²) >= 11 is 0. The van der Waals surface area contributed by atoms with Gasteiger partial charge >= 0.3 is 0 Å². The van der Waals surface area contributed by atoms with Gasteiger partial charge < -0.3 is 15.2 Å². The van der Waals surface area contributed by atoms with Crippen LogP contribution >= 0.6 is 0 Å². The first-order chi connectivity index (χ1) is 20.8. The molecular formula is C33H34N6O4. The summed E-state index contributed by atoms with van der Waals surface area (Å²) in [4.78, 5) is 36.3. The fraction of sp³-hybridized carbons (Fsp3) is 0.273. The van der Waals surface area contributed by atoms with E-state index in [0.717, 1.165) is 23.1 Å². The number of hydrogen-bond acceptors (Lipinski definition) is 7. The minimum absolute atomic E-state index is 0.0773. The van der Waals surface area contributed by atoms with Crippen molar-refractivity contribution in [3.05, 3.63) is 118 Å². The van der Waals surface area contributed by atoms with Crippen LogP contribution in [0.2, 0.25) is 0 Å². The Bertz CT molecular complexity index is 1740. The highest BCUT2D eigenvalue weighted by Crippen LogP contribution is 2.42. The molecule has 43 heavy (non-hydrogen) atoms. The molecule has 0 spiro atoms. The topological polar surface area (TPSA) is 137 Å². The minimum Gasteiger partial charge on any atom is -0.399 e. The number of amides is 1. The lowest BCUT2D eigenvalue weighted by Crippen LogP contribution is -2.35. The van der Waals surface area contributed by atoms with Crippen LogP contribution in [0, 0.1) is 5.92 Å². The molecule has 3 heterocycles. The quantitative estimate of drug-likeness (QED) is 0.166. The first kappa shape index (κ1) is 28.3. The van der Waals surface area contributed by atoms with E-state index in [1.54, 1.807) is 24.7 Å². The molecule has 2 aromatic heterocycles. The van der Waals surface area contributed by atoms with Gasteiger partial charge in [-0.15, -0.1) is 0 Å². The molecule has 1 aliphatic rings. The molecule has 6 rings (SSSR count). The van der Waals surface area contributed by atoms with E-state index >= 15 is 0 Å². The molecule has 3 aromatic carbocycles. The molecule has 1 fully saturated rings. The van der Waals surface area contributed by atoms with E-state index in [1.807, 2.05) is 60.7 Å². The van der Waals surface area contributed by atoms with Crippen LogP contribution in [-0.2, 0) is 19.9 Å². The summed E-state index contributed by atoms with van der Waals surface area (Å²) < 4.78 is 15.2. The number of benzene rings is 3. The van der Waals surface area contributed by atoms with Crippen LogP contribution in [0.15, 0.2) is 96.1 Å². The Morgan fingerprint density at radius 3 is 2.37 bits per heavy atom. The maximum Gasteiger partial charge on any atom is 0.280 e. The summed E-state index contributed by atoms with van der Waals surface area (Å²) in [7, 11) is 0. The van der Waals surface area contributed by atoms with Gasteiger partial charge in [0.25, 0.3) is 5.56 Å². The van der Waals surface area contributed by atoms with Crippen molar-refractivity contribution in [2.45, 2.75) is 44.6 Å². The van der Waals surface area contributed by atoms with Gasteiger partial charge in [-0.1, -0.05) is 86.6 Å². The third kappa shape index (κ3) is 5.54. The number of nitrogen functional groups attached to an aromatic ring is 1. The van der Waals surface area contributed by atoms with Gasteiger partial charge in [0.1, 0.15) is 11.8 Å². The number of aromatic amines is 1. The van der Waals surface area contributed by atoms with Crippen LogP contribution in [0.1, 0.15) is 49.6 Å². The lowest BCUT2D eigenvalue weighted by molar-refractivity contribution is -0.118. The number of nitrogens with zero attached hydrogens (tertiary/aromatic N) is 3. The molecule has 4 N–H and O–H groups in total. The van der Waals surface area contributed by atoms with E-state index in [0.29, 0.717) is 24.4 Å². The van der Waals surface area contributed by atoms with Crippen molar-refractivity contribution in [1.29, 1.82) is 0 Å². The summed E-state index contributed by atoms with van der Waals surface area (Å²) in [6, 6.07) is 28.0. The Kier molecular flexibility index (Phi) is 7.79. The summed E-state index contributed by atoms with van der Waals surface area (Å²) in [6.45, 7) is 3.83. The average Bonchev–Trinajstić information content (AvgIpc) is 3.66. The molecule has 0 unspecified atom stereocenters. The van der Waals surface area contributed by atoms with Gasteiger partial charge in [-0.2, -0.15) is 4.98 Å². The zero-order chi connectivity index (χ0) is 30.0. The molecule has 1 aliphatic heterocycles. The summed E-state index contributed by atoms with van der Waals surface area (Å²) in [5.74, 6) is -0.437. The third-order valence-corrected chi connectivity index (χ3v) is 7.73. The second-order valence-electron chi connectivity index (χ2n) is 11.0.